The summed E-state index contributed by atoms with van der Waals surface area (Å²) < 4.78 is 5.12. The van der Waals surface area contributed by atoms with E-state index in [-0.39, 0.29) is 11.9 Å². The molecule has 2 aromatic rings. The van der Waals surface area contributed by atoms with Crippen LogP contribution in [-0.4, -0.2) is 50.8 Å². The van der Waals surface area contributed by atoms with Crippen molar-refractivity contribution in [3.05, 3.63) is 29.8 Å². The molecule has 0 saturated carbocycles. The molecule has 3 rings (SSSR count). The zero-order valence-corrected chi connectivity index (χ0v) is 14.2. The Hall–Kier alpha value is -2.28. The van der Waals surface area contributed by atoms with Gasteiger partial charge in [0, 0.05) is 12.1 Å². The average molecular weight is 329 g/mol. The number of piperidine rings is 1. The number of carbonyl (C=O) groups excluding carboxylic acids is 1. The lowest BCUT2D eigenvalue weighted by Gasteiger charge is -2.30. The Balaban J connectivity index is 1.53. The summed E-state index contributed by atoms with van der Waals surface area (Å²) in [4.78, 5) is 15.6. The van der Waals surface area contributed by atoms with E-state index in [4.69, 9.17) is 4.74 Å². The average Bonchev–Trinajstić information content (AvgIpc) is 3.03. The third kappa shape index (κ3) is 3.97. The molecule has 0 radical (unpaired) electrons. The smallest absolute Gasteiger partial charge is 0.309 e. The lowest BCUT2D eigenvalue weighted by atomic mass is 9.96. The summed E-state index contributed by atoms with van der Waals surface area (Å²) >= 11 is 0. The highest BCUT2D eigenvalue weighted by atomic mass is 16.5. The van der Waals surface area contributed by atoms with Crippen molar-refractivity contribution in [2.75, 3.05) is 19.7 Å². The summed E-state index contributed by atoms with van der Waals surface area (Å²) in [6, 6.07) is 8.25. The zero-order chi connectivity index (χ0) is 16.9. The number of aromatic nitrogens is 4. The number of hydrogen-bond donors (Lipinski definition) is 0. The second-order valence-electron chi connectivity index (χ2n) is 6.10. The normalized spacial score (nSPS) is 16.2. The highest BCUT2D eigenvalue weighted by Crippen LogP contribution is 2.21. The van der Waals surface area contributed by atoms with E-state index in [1.165, 1.54) is 10.4 Å². The fourth-order valence-electron chi connectivity index (χ4n) is 3.00. The molecule has 0 aliphatic carbocycles. The van der Waals surface area contributed by atoms with E-state index < -0.39 is 0 Å². The van der Waals surface area contributed by atoms with Gasteiger partial charge in [-0.15, -0.1) is 10.2 Å². The maximum absolute atomic E-state index is 11.8. The number of esters is 1. The molecule has 2 heterocycles. The fourth-order valence-corrected chi connectivity index (χ4v) is 3.00. The van der Waals surface area contributed by atoms with Gasteiger partial charge in [0.05, 0.1) is 19.6 Å². The molecule has 1 aromatic carbocycles. The molecule has 1 aliphatic rings. The van der Waals surface area contributed by atoms with Crippen LogP contribution in [-0.2, 0) is 23.1 Å². The number of rotatable bonds is 5. The first-order valence-electron chi connectivity index (χ1n) is 8.38. The molecule has 0 spiro atoms. The predicted octanol–water partition coefficient (Wildman–Crippen LogP) is 1.65. The van der Waals surface area contributed by atoms with Crippen LogP contribution in [0.4, 0.5) is 0 Å². The van der Waals surface area contributed by atoms with Crippen LogP contribution in [0, 0.1) is 5.92 Å². The molecule has 128 valence electrons. The summed E-state index contributed by atoms with van der Waals surface area (Å²) in [6.45, 7) is 5.07. The molecule has 7 nitrogen and oxygen atoms in total. The van der Waals surface area contributed by atoms with Crippen molar-refractivity contribution < 1.29 is 9.53 Å². The Morgan fingerprint density at radius 2 is 1.96 bits per heavy atom. The number of likely N-dealkylation sites (tertiary alicyclic amines) is 1. The molecule has 24 heavy (non-hydrogen) atoms. The van der Waals surface area contributed by atoms with Crippen LogP contribution in [0.5, 0.6) is 0 Å². The Morgan fingerprint density at radius 3 is 2.54 bits per heavy atom. The van der Waals surface area contributed by atoms with Crippen molar-refractivity contribution in [1.29, 1.82) is 0 Å². The minimum absolute atomic E-state index is 0.0435. The molecule has 7 heteroatoms. The van der Waals surface area contributed by atoms with Gasteiger partial charge in [0.1, 0.15) is 0 Å². The Labute approximate surface area is 141 Å². The Kier molecular flexibility index (Phi) is 5.20. The fraction of sp³-hybridized carbons (Fsp3) is 0.529. The van der Waals surface area contributed by atoms with Crippen molar-refractivity contribution >= 4 is 5.97 Å². The third-order valence-electron chi connectivity index (χ3n) is 4.33. The van der Waals surface area contributed by atoms with E-state index >= 15 is 0 Å². The van der Waals surface area contributed by atoms with Crippen molar-refractivity contribution in [2.24, 2.45) is 13.0 Å². The largest absolute Gasteiger partial charge is 0.466 e. The zero-order valence-electron chi connectivity index (χ0n) is 14.2. The molecule has 1 aromatic heterocycles. The lowest BCUT2D eigenvalue weighted by Crippen LogP contribution is -2.36. The molecule has 0 unspecified atom stereocenters. The second-order valence-corrected chi connectivity index (χ2v) is 6.10. The van der Waals surface area contributed by atoms with Crippen molar-refractivity contribution in [2.45, 2.75) is 26.3 Å². The molecule has 1 fully saturated rings. The van der Waals surface area contributed by atoms with Crippen LogP contribution in [0.15, 0.2) is 24.3 Å². The number of benzene rings is 1. The molecular weight excluding hydrogens is 306 g/mol. The first kappa shape index (κ1) is 16.6. The van der Waals surface area contributed by atoms with Gasteiger partial charge in [-0.3, -0.25) is 9.69 Å². The van der Waals surface area contributed by atoms with E-state index in [1.54, 1.807) is 7.05 Å². The summed E-state index contributed by atoms with van der Waals surface area (Å²) in [5.41, 5.74) is 2.21. The van der Waals surface area contributed by atoms with E-state index in [2.05, 4.69) is 32.4 Å². The van der Waals surface area contributed by atoms with Gasteiger partial charge in [-0.2, -0.15) is 4.80 Å². The first-order valence-corrected chi connectivity index (χ1v) is 8.38. The number of aryl methyl sites for hydroxylation is 1. The predicted molar refractivity (Wildman–Crippen MR) is 88.9 cm³/mol. The molecule has 0 N–H and O–H groups in total. The van der Waals surface area contributed by atoms with Crippen LogP contribution in [0.2, 0.25) is 0 Å². The van der Waals surface area contributed by atoms with Crippen molar-refractivity contribution in [3.63, 3.8) is 0 Å². The van der Waals surface area contributed by atoms with Crippen LogP contribution in [0.25, 0.3) is 11.4 Å². The minimum atomic E-state index is -0.0435. The van der Waals surface area contributed by atoms with Gasteiger partial charge in [0.25, 0.3) is 0 Å². The van der Waals surface area contributed by atoms with Gasteiger partial charge in [0.15, 0.2) is 0 Å². The number of hydrogen-bond acceptors (Lipinski definition) is 6. The van der Waals surface area contributed by atoms with E-state index in [9.17, 15) is 4.79 Å². The summed E-state index contributed by atoms with van der Waals surface area (Å²) in [5, 5.41) is 12.1. The van der Waals surface area contributed by atoms with Crippen LogP contribution >= 0.6 is 0 Å². The van der Waals surface area contributed by atoms with Gasteiger partial charge < -0.3 is 4.74 Å². The van der Waals surface area contributed by atoms with E-state index in [1.807, 2.05) is 19.1 Å². The molecular formula is C17H23N5O2. The summed E-state index contributed by atoms with van der Waals surface area (Å²) in [7, 11) is 1.75. The van der Waals surface area contributed by atoms with Crippen LogP contribution in [0.1, 0.15) is 25.3 Å². The lowest BCUT2D eigenvalue weighted by molar-refractivity contribution is -0.149. The molecule has 1 aliphatic heterocycles. The van der Waals surface area contributed by atoms with Crippen molar-refractivity contribution in [3.8, 4) is 11.4 Å². The summed E-state index contributed by atoms with van der Waals surface area (Å²) in [5.74, 6) is 0.656. The second kappa shape index (κ2) is 7.53. The molecule has 0 amide bonds. The van der Waals surface area contributed by atoms with Crippen LogP contribution < -0.4 is 0 Å². The summed E-state index contributed by atoms with van der Waals surface area (Å²) in [6.07, 6.45) is 1.75. The highest BCUT2D eigenvalue weighted by Gasteiger charge is 2.25. The third-order valence-corrected chi connectivity index (χ3v) is 4.33. The van der Waals surface area contributed by atoms with Gasteiger partial charge in [-0.05, 0) is 43.6 Å². The Bertz CT molecular complexity index is 675. The monoisotopic (exact) mass is 329 g/mol. The van der Waals surface area contributed by atoms with Gasteiger partial charge in [-0.1, -0.05) is 24.3 Å². The Morgan fingerprint density at radius 1 is 1.25 bits per heavy atom. The standard InChI is InChI=1S/C17H23N5O2/c1-3-24-17(23)15-8-10-22(11-9-15)12-13-4-6-14(7-5-13)16-18-20-21(2)19-16/h4-7,15H,3,8-12H2,1-2H3. The molecule has 0 bridgehead atoms. The van der Waals surface area contributed by atoms with Gasteiger partial charge in [-0.25, -0.2) is 0 Å². The van der Waals surface area contributed by atoms with E-state index in [0.29, 0.717) is 12.4 Å². The maximum atomic E-state index is 11.8. The minimum Gasteiger partial charge on any atom is -0.466 e. The highest BCUT2D eigenvalue weighted by molar-refractivity contribution is 5.72. The molecule has 1 saturated heterocycles. The number of nitrogens with zero attached hydrogens (tertiary/aromatic N) is 5. The van der Waals surface area contributed by atoms with Gasteiger partial charge >= 0.3 is 5.97 Å². The number of carbonyl (C=O) groups is 1. The topological polar surface area (TPSA) is 73.1 Å². The van der Waals surface area contributed by atoms with Gasteiger partial charge in [0.2, 0.25) is 5.82 Å². The van der Waals surface area contributed by atoms with E-state index in [0.717, 1.165) is 38.0 Å². The number of ether oxygens (including phenoxy) is 1. The van der Waals surface area contributed by atoms with Crippen molar-refractivity contribution in [1.82, 2.24) is 25.1 Å². The quantitative estimate of drug-likeness (QED) is 0.777. The number of tetrazole rings is 1. The molecule has 0 atom stereocenters. The first-order chi connectivity index (χ1) is 11.7. The SMILES string of the molecule is CCOC(=O)C1CCN(Cc2ccc(-c3nnn(C)n3)cc2)CC1. The van der Waals surface area contributed by atoms with Crippen LogP contribution in [0.3, 0.4) is 0 Å². The maximum Gasteiger partial charge on any atom is 0.309 e.